The van der Waals surface area contributed by atoms with Gasteiger partial charge in [-0.25, -0.2) is 13.1 Å². The number of sulfonamides is 1. The largest absolute Gasteiger partial charge is 0.416 e. The van der Waals surface area contributed by atoms with E-state index in [1.807, 2.05) is 0 Å². The molecular weight excluding hydrogens is 377 g/mol. The number of piperidine rings is 1. The van der Waals surface area contributed by atoms with E-state index in [4.69, 9.17) is 0 Å². The lowest BCUT2D eigenvalue weighted by atomic mass is 10.0. The Hall–Kier alpha value is -1.90. The van der Waals surface area contributed by atoms with Gasteiger partial charge in [-0.2, -0.15) is 13.2 Å². The van der Waals surface area contributed by atoms with E-state index < -0.39 is 21.8 Å². The number of rotatable bonds is 5. The van der Waals surface area contributed by atoms with Crippen molar-refractivity contribution in [1.29, 1.82) is 0 Å². The van der Waals surface area contributed by atoms with Gasteiger partial charge in [0, 0.05) is 25.7 Å². The summed E-state index contributed by atoms with van der Waals surface area (Å²) in [6.45, 7) is 1.92. The zero-order chi connectivity index (χ0) is 19.5. The van der Waals surface area contributed by atoms with Crippen LogP contribution in [0.3, 0.4) is 0 Å². The van der Waals surface area contributed by atoms with Crippen LogP contribution in [0.4, 0.5) is 13.2 Å². The maximum absolute atomic E-state index is 12.6. The lowest BCUT2D eigenvalue weighted by molar-refractivity contribution is -0.137. The molecule has 0 saturated carbocycles. The third-order valence-electron chi connectivity index (χ3n) is 4.65. The number of nitrogens with one attached hydrogen (secondary N) is 1. The van der Waals surface area contributed by atoms with E-state index in [1.165, 1.54) is 12.1 Å². The highest BCUT2D eigenvalue weighted by atomic mass is 32.2. The van der Waals surface area contributed by atoms with Crippen molar-refractivity contribution in [2.75, 3.05) is 13.1 Å². The quantitative estimate of drug-likeness (QED) is 0.837. The van der Waals surface area contributed by atoms with Crippen molar-refractivity contribution in [3.05, 3.63) is 65.7 Å². The first-order chi connectivity index (χ1) is 12.7. The normalized spacial score (nSPS) is 17.1. The van der Waals surface area contributed by atoms with E-state index >= 15 is 0 Å². The van der Waals surface area contributed by atoms with Crippen LogP contribution in [0.1, 0.15) is 24.0 Å². The van der Waals surface area contributed by atoms with Gasteiger partial charge in [0.05, 0.1) is 10.5 Å². The molecule has 0 radical (unpaired) electrons. The molecule has 8 heteroatoms. The van der Waals surface area contributed by atoms with Crippen LogP contribution in [0, 0.1) is 0 Å². The summed E-state index contributed by atoms with van der Waals surface area (Å²) < 4.78 is 65.3. The topological polar surface area (TPSA) is 49.4 Å². The molecule has 1 fully saturated rings. The summed E-state index contributed by atoms with van der Waals surface area (Å²) >= 11 is 0. The molecule has 0 atom stereocenters. The first-order valence-corrected chi connectivity index (χ1v) is 10.2. The number of alkyl halides is 3. The number of nitrogens with zero attached hydrogens (tertiary/aromatic N) is 1. The van der Waals surface area contributed by atoms with Gasteiger partial charge < -0.3 is 0 Å². The SMILES string of the molecule is O=S(=O)(NC1CCN(Cc2ccc(C(F)(F)F)cc2)CC1)c1ccccc1. The van der Waals surface area contributed by atoms with E-state index in [0.29, 0.717) is 32.5 Å². The molecular formula is C19H21F3N2O2S. The Bertz CT molecular complexity index is 845. The minimum atomic E-state index is -4.33. The van der Waals surface area contributed by atoms with E-state index in [0.717, 1.165) is 17.7 Å². The van der Waals surface area contributed by atoms with Gasteiger partial charge in [-0.05, 0) is 42.7 Å². The molecule has 0 unspecified atom stereocenters. The molecule has 2 aromatic rings. The van der Waals surface area contributed by atoms with Crippen molar-refractivity contribution >= 4 is 10.0 Å². The molecule has 1 saturated heterocycles. The molecule has 2 aromatic carbocycles. The Balaban J connectivity index is 1.52. The van der Waals surface area contributed by atoms with Gasteiger partial charge in [0.15, 0.2) is 0 Å². The minimum absolute atomic E-state index is 0.140. The average Bonchev–Trinajstić information content (AvgIpc) is 2.64. The van der Waals surface area contributed by atoms with Crippen LogP contribution in [0.5, 0.6) is 0 Å². The van der Waals surface area contributed by atoms with E-state index in [-0.39, 0.29) is 10.9 Å². The molecule has 146 valence electrons. The molecule has 1 heterocycles. The minimum Gasteiger partial charge on any atom is -0.299 e. The summed E-state index contributed by atoms with van der Waals surface area (Å²) in [5.74, 6) is 0. The lowest BCUT2D eigenvalue weighted by Gasteiger charge is -2.32. The van der Waals surface area contributed by atoms with Gasteiger partial charge in [0.2, 0.25) is 10.0 Å². The summed E-state index contributed by atoms with van der Waals surface area (Å²) in [5, 5.41) is 0. The Morgan fingerprint density at radius 1 is 0.963 bits per heavy atom. The number of halogens is 3. The molecule has 0 aromatic heterocycles. The van der Waals surface area contributed by atoms with Crippen molar-refractivity contribution in [3.63, 3.8) is 0 Å². The smallest absolute Gasteiger partial charge is 0.299 e. The van der Waals surface area contributed by atoms with Crippen LogP contribution in [0.25, 0.3) is 0 Å². The zero-order valence-electron chi connectivity index (χ0n) is 14.6. The first kappa shape index (κ1) is 19.9. The molecule has 27 heavy (non-hydrogen) atoms. The summed E-state index contributed by atoms with van der Waals surface area (Å²) in [6.07, 6.45) is -3.01. The highest BCUT2D eigenvalue weighted by Crippen LogP contribution is 2.29. The standard InChI is InChI=1S/C19H21F3N2O2S/c20-19(21,22)16-8-6-15(7-9-16)14-24-12-10-17(11-13-24)23-27(25,26)18-4-2-1-3-5-18/h1-9,17,23H,10-14H2. The van der Waals surface area contributed by atoms with Crippen LogP contribution in [0.2, 0.25) is 0 Å². The van der Waals surface area contributed by atoms with Gasteiger partial charge >= 0.3 is 6.18 Å². The van der Waals surface area contributed by atoms with Crippen molar-refractivity contribution in [3.8, 4) is 0 Å². The zero-order valence-corrected chi connectivity index (χ0v) is 15.4. The summed E-state index contributed by atoms with van der Waals surface area (Å²) in [4.78, 5) is 2.37. The number of benzene rings is 2. The second kappa shape index (κ2) is 8.00. The predicted molar refractivity (Wildman–Crippen MR) is 96.5 cm³/mol. The van der Waals surface area contributed by atoms with Crippen molar-refractivity contribution < 1.29 is 21.6 Å². The Morgan fingerprint density at radius 3 is 2.11 bits per heavy atom. The number of hydrogen-bond acceptors (Lipinski definition) is 3. The second-order valence-electron chi connectivity index (χ2n) is 6.68. The Kier molecular flexibility index (Phi) is 5.88. The molecule has 0 bridgehead atoms. The van der Waals surface area contributed by atoms with Crippen molar-refractivity contribution in [2.45, 2.75) is 36.5 Å². The summed E-state index contributed by atoms with van der Waals surface area (Å²) in [7, 11) is -3.53. The third-order valence-corrected chi connectivity index (χ3v) is 6.19. The van der Waals surface area contributed by atoms with Crippen molar-refractivity contribution in [2.24, 2.45) is 0 Å². The van der Waals surface area contributed by atoms with Gasteiger partial charge in [-0.3, -0.25) is 4.90 Å². The van der Waals surface area contributed by atoms with Crippen LogP contribution >= 0.6 is 0 Å². The Labute approximate surface area is 157 Å². The molecule has 0 spiro atoms. The molecule has 0 amide bonds. The van der Waals surface area contributed by atoms with Gasteiger partial charge in [0.1, 0.15) is 0 Å². The van der Waals surface area contributed by atoms with E-state index in [9.17, 15) is 21.6 Å². The molecule has 4 nitrogen and oxygen atoms in total. The highest BCUT2D eigenvalue weighted by molar-refractivity contribution is 7.89. The van der Waals surface area contributed by atoms with Crippen LogP contribution in [-0.4, -0.2) is 32.4 Å². The highest BCUT2D eigenvalue weighted by Gasteiger charge is 2.30. The van der Waals surface area contributed by atoms with Gasteiger partial charge in [-0.15, -0.1) is 0 Å². The fourth-order valence-electron chi connectivity index (χ4n) is 3.15. The van der Waals surface area contributed by atoms with E-state index in [2.05, 4.69) is 9.62 Å². The summed E-state index contributed by atoms with van der Waals surface area (Å²) in [6, 6.07) is 13.3. The van der Waals surface area contributed by atoms with E-state index in [1.54, 1.807) is 30.3 Å². The summed E-state index contributed by atoms with van der Waals surface area (Å²) in [5.41, 5.74) is 0.159. The first-order valence-electron chi connectivity index (χ1n) is 8.70. The fourth-order valence-corrected chi connectivity index (χ4v) is 4.48. The second-order valence-corrected chi connectivity index (χ2v) is 8.39. The molecule has 1 N–H and O–H groups in total. The van der Waals surface area contributed by atoms with Crippen LogP contribution in [-0.2, 0) is 22.7 Å². The molecule has 1 aliphatic rings. The predicted octanol–water partition coefficient (Wildman–Crippen LogP) is 3.65. The fraction of sp³-hybridized carbons (Fsp3) is 0.368. The van der Waals surface area contributed by atoms with Crippen molar-refractivity contribution in [1.82, 2.24) is 9.62 Å². The van der Waals surface area contributed by atoms with Crippen LogP contribution in [0.15, 0.2) is 59.5 Å². The van der Waals surface area contributed by atoms with Gasteiger partial charge in [0.25, 0.3) is 0 Å². The molecule has 3 rings (SSSR count). The number of hydrogen-bond donors (Lipinski definition) is 1. The maximum atomic E-state index is 12.6. The lowest BCUT2D eigenvalue weighted by Crippen LogP contribution is -2.44. The number of likely N-dealkylation sites (tertiary alicyclic amines) is 1. The van der Waals surface area contributed by atoms with Crippen LogP contribution < -0.4 is 4.72 Å². The Morgan fingerprint density at radius 2 is 1.56 bits per heavy atom. The third kappa shape index (κ3) is 5.31. The maximum Gasteiger partial charge on any atom is 0.416 e. The molecule has 1 aliphatic heterocycles. The average molecular weight is 398 g/mol. The monoisotopic (exact) mass is 398 g/mol. The molecule has 0 aliphatic carbocycles. The van der Waals surface area contributed by atoms with Gasteiger partial charge in [-0.1, -0.05) is 30.3 Å².